The van der Waals surface area contributed by atoms with Gasteiger partial charge in [0.15, 0.2) is 0 Å². The zero-order chi connectivity index (χ0) is 18.2. The van der Waals surface area contributed by atoms with Crippen LogP contribution in [-0.4, -0.2) is 27.3 Å². The molecule has 0 aliphatic heterocycles. The zero-order valence-corrected chi connectivity index (χ0v) is 16.8. The quantitative estimate of drug-likeness (QED) is 0.416. The molecule has 0 bridgehead atoms. The number of rotatable bonds is 10. The van der Waals surface area contributed by atoms with Crippen LogP contribution in [0.2, 0.25) is 0 Å². The van der Waals surface area contributed by atoms with Crippen LogP contribution in [0.4, 0.5) is 0 Å². The average molecular weight is 388 g/mol. The summed E-state index contributed by atoms with van der Waals surface area (Å²) >= 11 is 3.18. The van der Waals surface area contributed by atoms with Crippen molar-refractivity contribution < 1.29 is 4.79 Å². The fourth-order valence-electron chi connectivity index (χ4n) is 3.00. The number of benzene rings is 1. The number of hydrogen-bond donors (Lipinski definition) is 0. The molecule has 1 amide bonds. The molecule has 26 heavy (non-hydrogen) atoms. The van der Waals surface area contributed by atoms with Crippen LogP contribution in [-0.2, 0) is 6.54 Å². The monoisotopic (exact) mass is 387 g/mol. The lowest BCUT2D eigenvalue weighted by molar-refractivity contribution is 0.0740. The smallest absolute Gasteiger partial charge is 0.254 e. The van der Waals surface area contributed by atoms with Gasteiger partial charge in [-0.15, -0.1) is 22.7 Å². The first-order chi connectivity index (χ1) is 12.8. The first kappa shape index (κ1) is 19.0. The number of thiazole rings is 2. The van der Waals surface area contributed by atoms with Crippen LogP contribution in [0.15, 0.2) is 35.3 Å². The number of nitrogens with zero attached hydrogens (tertiary/aromatic N) is 3. The van der Waals surface area contributed by atoms with Crippen LogP contribution >= 0.6 is 22.7 Å². The van der Waals surface area contributed by atoms with Gasteiger partial charge >= 0.3 is 0 Å². The summed E-state index contributed by atoms with van der Waals surface area (Å²) in [5, 5.41) is 2.95. The summed E-state index contributed by atoms with van der Waals surface area (Å²) in [7, 11) is 0. The highest BCUT2D eigenvalue weighted by atomic mass is 32.1. The lowest BCUT2D eigenvalue weighted by atomic mass is 10.1. The highest BCUT2D eigenvalue weighted by molar-refractivity contribution is 7.16. The zero-order valence-electron chi connectivity index (χ0n) is 15.2. The summed E-state index contributed by atoms with van der Waals surface area (Å²) in [5.74, 6) is 0.0871. The van der Waals surface area contributed by atoms with Gasteiger partial charge in [0.2, 0.25) is 0 Å². The minimum Gasteiger partial charge on any atom is -0.332 e. The summed E-state index contributed by atoms with van der Waals surface area (Å²) in [6.45, 7) is 3.60. The highest BCUT2D eigenvalue weighted by Crippen LogP contribution is 2.21. The summed E-state index contributed by atoms with van der Waals surface area (Å²) in [6, 6.07) is 5.79. The molecule has 0 radical (unpaired) electrons. The molecule has 0 saturated heterocycles. The Bertz CT molecular complexity index is 813. The Morgan fingerprint density at radius 3 is 2.73 bits per heavy atom. The molecule has 0 N–H and O–H groups in total. The molecule has 138 valence electrons. The Kier molecular flexibility index (Phi) is 7.14. The summed E-state index contributed by atoms with van der Waals surface area (Å²) < 4.78 is 1.06. The predicted octanol–water partition coefficient (Wildman–Crippen LogP) is 5.76. The highest BCUT2D eigenvalue weighted by Gasteiger charge is 2.17. The van der Waals surface area contributed by atoms with Gasteiger partial charge in [-0.1, -0.05) is 39.0 Å². The molecule has 0 unspecified atom stereocenters. The minimum atomic E-state index is 0.0871. The fourth-order valence-corrected chi connectivity index (χ4v) is 4.35. The van der Waals surface area contributed by atoms with Crippen LogP contribution in [0, 0.1) is 0 Å². The fraction of sp³-hybridized carbons (Fsp3) is 0.450. The lowest BCUT2D eigenvalue weighted by Crippen LogP contribution is -2.31. The first-order valence-electron chi connectivity index (χ1n) is 9.29. The van der Waals surface area contributed by atoms with Gasteiger partial charge in [0.25, 0.3) is 5.91 Å². The molecule has 3 aromatic rings. The molecule has 6 heteroatoms. The maximum atomic E-state index is 13.1. The molecule has 2 heterocycles. The van der Waals surface area contributed by atoms with Crippen molar-refractivity contribution >= 4 is 38.8 Å². The topological polar surface area (TPSA) is 46.1 Å². The largest absolute Gasteiger partial charge is 0.332 e. The molecule has 0 atom stereocenters. The predicted molar refractivity (Wildman–Crippen MR) is 110 cm³/mol. The van der Waals surface area contributed by atoms with E-state index in [2.05, 4.69) is 16.9 Å². The second-order valence-electron chi connectivity index (χ2n) is 6.46. The van der Waals surface area contributed by atoms with Gasteiger partial charge in [-0.2, -0.15) is 0 Å². The van der Waals surface area contributed by atoms with Crippen molar-refractivity contribution in [2.24, 2.45) is 0 Å². The normalized spacial score (nSPS) is 11.1. The number of aromatic nitrogens is 2. The molecule has 0 spiro atoms. The average Bonchev–Trinajstić information content (AvgIpc) is 3.33. The van der Waals surface area contributed by atoms with Gasteiger partial charge in [0.05, 0.1) is 22.3 Å². The molecular weight excluding hydrogens is 362 g/mol. The van der Waals surface area contributed by atoms with Gasteiger partial charge in [0, 0.05) is 23.7 Å². The number of fused-ring (bicyclic) bond motifs is 1. The molecule has 0 aliphatic rings. The van der Waals surface area contributed by atoms with Crippen molar-refractivity contribution in [3.05, 3.63) is 45.9 Å². The van der Waals surface area contributed by atoms with Crippen molar-refractivity contribution in [1.29, 1.82) is 0 Å². The molecular formula is C20H25N3OS2. The van der Waals surface area contributed by atoms with Crippen LogP contribution in [0.25, 0.3) is 10.2 Å². The van der Waals surface area contributed by atoms with Crippen LogP contribution < -0.4 is 0 Å². The Balaban J connectivity index is 1.65. The maximum absolute atomic E-state index is 13.1. The van der Waals surface area contributed by atoms with E-state index in [-0.39, 0.29) is 5.91 Å². The molecule has 0 saturated carbocycles. The van der Waals surface area contributed by atoms with Gasteiger partial charge in [-0.05, 0) is 24.6 Å². The van der Waals surface area contributed by atoms with Gasteiger partial charge in [-0.25, -0.2) is 9.97 Å². The van der Waals surface area contributed by atoms with E-state index in [0.717, 1.165) is 33.8 Å². The summed E-state index contributed by atoms with van der Waals surface area (Å²) in [4.78, 5) is 23.7. The second-order valence-corrected chi connectivity index (χ2v) is 8.32. The van der Waals surface area contributed by atoms with Crippen molar-refractivity contribution in [3.63, 3.8) is 0 Å². The van der Waals surface area contributed by atoms with Gasteiger partial charge in [-0.3, -0.25) is 4.79 Å². The van der Waals surface area contributed by atoms with Crippen molar-refractivity contribution in [3.8, 4) is 0 Å². The number of hydrogen-bond acceptors (Lipinski definition) is 5. The van der Waals surface area contributed by atoms with Crippen LogP contribution in [0.1, 0.15) is 60.8 Å². The summed E-state index contributed by atoms with van der Waals surface area (Å²) in [6.07, 6.45) is 9.13. The van der Waals surface area contributed by atoms with E-state index >= 15 is 0 Å². The van der Waals surface area contributed by atoms with E-state index in [1.165, 1.54) is 32.1 Å². The Morgan fingerprint density at radius 1 is 1.08 bits per heavy atom. The summed E-state index contributed by atoms with van der Waals surface area (Å²) in [5.41, 5.74) is 3.51. The Hall–Kier alpha value is -1.79. The molecule has 1 aromatic carbocycles. The third kappa shape index (κ3) is 5.11. The number of carbonyl (C=O) groups excluding carboxylic acids is 1. The Morgan fingerprint density at radius 2 is 1.92 bits per heavy atom. The SMILES string of the molecule is CCCCCCCCN(Cc1nccs1)C(=O)c1ccc2ncsc2c1. The third-order valence-corrected chi connectivity index (χ3v) is 6.01. The number of unbranched alkanes of at least 4 members (excludes halogenated alkanes) is 5. The van der Waals surface area contributed by atoms with Gasteiger partial charge < -0.3 is 4.90 Å². The Labute approximate surface area is 162 Å². The molecule has 0 fully saturated rings. The first-order valence-corrected chi connectivity index (χ1v) is 11.0. The van der Waals surface area contributed by atoms with Gasteiger partial charge in [0.1, 0.15) is 5.01 Å². The minimum absolute atomic E-state index is 0.0871. The lowest BCUT2D eigenvalue weighted by Gasteiger charge is -2.22. The van der Waals surface area contributed by atoms with Crippen LogP contribution in [0.3, 0.4) is 0 Å². The van der Waals surface area contributed by atoms with E-state index in [1.807, 2.05) is 34.0 Å². The van der Waals surface area contributed by atoms with E-state index in [9.17, 15) is 4.79 Å². The maximum Gasteiger partial charge on any atom is 0.254 e. The van der Waals surface area contributed by atoms with E-state index in [0.29, 0.717) is 6.54 Å². The number of amides is 1. The second kappa shape index (κ2) is 9.78. The van der Waals surface area contributed by atoms with Crippen molar-refractivity contribution in [2.75, 3.05) is 6.54 Å². The number of carbonyl (C=O) groups is 1. The molecule has 2 aromatic heterocycles. The standard InChI is InChI=1S/C20H25N3OS2/c1-2-3-4-5-6-7-11-23(14-19-21-10-12-25-19)20(24)16-8-9-17-18(13-16)26-15-22-17/h8-10,12-13,15H,2-7,11,14H2,1H3. The molecule has 3 rings (SSSR count). The van der Waals surface area contributed by atoms with E-state index in [4.69, 9.17) is 0 Å². The molecule has 4 nitrogen and oxygen atoms in total. The van der Waals surface area contributed by atoms with E-state index < -0.39 is 0 Å². The van der Waals surface area contributed by atoms with Crippen molar-refractivity contribution in [1.82, 2.24) is 14.9 Å². The molecule has 0 aliphatic carbocycles. The van der Waals surface area contributed by atoms with Crippen molar-refractivity contribution in [2.45, 2.75) is 52.0 Å². The van der Waals surface area contributed by atoms with E-state index in [1.54, 1.807) is 28.9 Å². The third-order valence-electron chi connectivity index (χ3n) is 4.46. The van der Waals surface area contributed by atoms with Crippen LogP contribution in [0.5, 0.6) is 0 Å².